The number of aldehydes is 1. The highest BCUT2D eigenvalue weighted by Gasteiger charge is 2.34. The van der Waals surface area contributed by atoms with Crippen molar-refractivity contribution in [3.05, 3.63) is 35.9 Å². The van der Waals surface area contributed by atoms with Gasteiger partial charge in [0.1, 0.15) is 12.5 Å². The molecule has 1 aromatic carbocycles. The Bertz CT molecular complexity index is 826. The molecule has 3 amide bonds. The normalized spacial score (nSPS) is 20.5. The molecule has 6 atom stereocenters. The lowest BCUT2D eigenvalue weighted by Gasteiger charge is -2.34. The van der Waals surface area contributed by atoms with Crippen molar-refractivity contribution >= 4 is 18.2 Å². The van der Waals surface area contributed by atoms with Gasteiger partial charge in [-0.1, -0.05) is 36.8 Å². The Labute approximate surface area is 221 Å². The molecule has 0 aromatic heterocycles. The van der Waals surface area contributed by atoms with Crippen LogP contribution in [0.5, 0.6) is 0 Å². The molecule has 0 saturated heterocycles. The van der Waals surface area contributed by atoms with Gasteiger partial charge in [0.15, 0.2) is 0 Å². The number of benzene rings is 1. The van der Waals surface area contributed by atoms with E-state index in [-0.39, 0.29) is 36.5 Å². The summed E-state index contributed by atoms with van der Waals surface area (Å²) in [6.07, 6.45) is 5.21. The number of likely N-dealkylation sites (N-methyl/N-ethyl adjacent to an activating group) is 1. The van der Waals surface area contributed by atoms with Crippen LogP contribution < -0.4 is 27.0 Å². The molecule has 208 valence electrons. The van der Waals surface area contributed by atoms with Crippen LogP contribution in [0.25, 0.3) is 0 Å². The van der Waals surface area contributed by atoms with Crippen LogP contribution in [0, 0.1) is 0 Å². The number of nitrogens with zero attached hydrogens (tertiary/aromatic N) is 1. The fourth-order valence-electron chi connectivity index (χ4n) is 4.86. The molecule has 2 rings (SSSR count). The summed E-state index contributed by atoms with van der Waals surface area (Å²) < 4.78 is 0. The fraction of sp³-hybridized carbons (Fsp3) is 0.667. The van der Waals surface area contributed by atoms with E-state index in [0.717, 1.165) is 25.5 Å². The second-order valence-corrected chi connectivity index (χ2v) is 9.94. The molecule has 1 aliphatic carbocycles. The van der Waals surface area contributed by atoms with E-state index in [2.05, 4.69) is 33.4 Å². The highest BCUT2D eigenvalue weighted by atomic mass is 16.3. The van der Waals surface area contributed by atoms with Crippen LogP contribution in [-0.4, -0.2) is 85.8 Å². The third-order valence-corrected chi connectivity index (χ3v) is 7.25. The number of nitrogens with one attached hydrogen (secondary N) is 4. The Balaban J connectivity index is 2.13. The van der Waals surface area contributed by atoms with Gasteiger partial charge in [0, 0.05) is 38.6 Å². The van der Waals surface area contributed by atoms with Crippen LogP contribution in [-0.2, 0) is 9.59 Å². The second-order valence-electron chi connectivity index (χ2n) is 9.94. The van der Waals surface area contributed by atoms with E-state index >= 15 is 0 Å². The first-order valence-electron chi connectivity index (χ1n) is 13.4. The number of carbonyl (C=O) groups is 3. The summed E-state index contributed by atoms with van der Waals surface area (Å²) in [7, 11) is 3.24. The fourth-order valence-corrected chi connectivity index (χ4v) is 4.86. The number of hydrogen-bond donors (Lipinski definition) is 6. The molecule has 0 bridgehead atoms. The van der Waals surface area contributed by atoms with Crippen molar-refractivity contribution < 1.29 is 19.5 Å². The average molecular weight is 519 g/mol. The number of nitrogens with two attached hydrogens (primary N) is 1. The SMILES string of the molecule is CNC(=O)N(CC[C@H](N)CCCC=O)C[C@H](NC(=O)C(C)NC)C(O)N[C@H]1CCC[C@@H]1c1ccccc1. The van der Waals surface area contributed by atoms with E-state index in [4.69, 9.17) is 5.73 Å². The Morgan fingerprint density at radius 2 is 1.92 bits per heavy atom. The lowest BCUT2D eigenvalue weighted by molar-refractivity contribution is -0.124. The average Bonchev–Trinajstić information content (AvgIpc) is 3.37. The van der Waals surface area contributed by atoms with Gasteiger partial charge in [-0.25, -0.2) is 4.79 Å². The molecule has 10 heteroatoms. The van der Waals surface area contributed by atoms with E-state index in [1.165, 1.54) is 5.56 Å². The van der Waals surface area contributed by atoms with Gasteiger partial charge in [0.2, 0.25) is 5.91 Å². The standard InChI is InChI=1S/C27H46N6O4/c1-19(29-2)25(35)32-24(18-33(27(37)30-3)16-15-21(28)12-7-8-17-34)26(36)31-23-14-9-13-22(23)20-10-5-4-6-11-20/h4-6,10-11,17,19,21-24,26,29,31,36H,7-9,12-16,18,28H2,1-3H3,(H,30,37)(H,32,35)/t19?,21-,22-,23+,24+,26?/m1/s1. The van der Waals surface area contributed by atoms with E-state index in [0.29, 0.717) is 32.2 Å². The first kappa shape index (κ1) is 30.7. The van der Waals surface area contributed by atoms with Crippen molar-refractivity contribution in [3.8, 4) is 0 Å². The highest BCUT2D eigenvalue weighted by Crippen LogP contribution is 2.34. The largest absolute Gasteiger partial charge is 0.376 e. The van der Waals surface area contributed by atoms with E-state index in [9.17, 15) is 19.5 Å². The lowest BCUT2D eigenvalue weighted by Crippen LogP contribution is -2.60. The van der Waals surface area contributed by atoms with Crippen molar-refractivity contribution in [2.75, 3.05) is 27.2 Å². The maximum absolute atomic E-state index is 12.8. The van der Waals surface area contributed by atoms with E-state index in [1.807, 2.05) is 18.2 Å². The van der Waals surface area contributed by atoms with Gasteiger partial charge in [-0.2, -0.15) is 0 Å². The minimum absolute atomic E-state index is 0.0539. The van der Waals surface area contributed by atoms with Crippen LogP contribution in [0.3, 0.4) is 0 Å². The molecule has 1 aromatic rings. The summed E-state index contributed by atoms with van der Waals surface area (Å²) in [5.41, 5.74) is 7.43. The number of aliphatic hydroxyl groups is 1. The zero-order chi connectivity index (χ0) is 27.2. The molecule has 2 unspecified atom stereocenters. The number of carbonyl (C=O) groups excluding carboxylic acids is 3. The quantitative estimate of drug-likeness (QED) is 0.109. The molecule has 1 aliphatic rings. The number of aliphatic hydroxyl groups excluding tert-OH is 1. The third-order valence-electron chi connectivity index (χ3n) is 7.25. The summed E-state index contributed by atoms with van der Waals surface area (Å²) in [6.45, 7) is 2.21. The van der Waals surface area contributed by atoms with Crippen molar-refractivity contribution in [2.24, 2.45) is 5.73 Å². The number of urea groups is 1. The van der Waals surface area contributed by atoms with Crippen molar-refractivity contribution in [1.82, 2.24) is 26.2 Å². The first-order chi connectivity index (χ1) is 17.8. The molecule has 0 radical (unpaired) electrons. The molecule has 37 heavy (non-hydrogen) atoms. The summed E-state index contributed by atoms with van der Waals surface area (Å²) in [5.74, 6) is 0.00430. The molecule has 0 heterocycles. The molecule has 0 aliphatic heterocycles. The molecular weight excluding hydrogens is 472 g/mol. The molecule has 7 N–H and O–H groups in total. The van der Waals surface area contributed by atoms with Gasteiger partial charge < -0.3 is 36.5 Å². The lowest BCUT2D eigenvalue weighted by atomic mass is 9.94. The summed E-state index contributed by atoms with van der Waals surface area (Å²) in [4.78, 5) is 37.6. The van der Waals surface area contributed by atoms with Crippen LogP contribution in [0.1, 0.15) is 63.4 Å². The maximum Gasteiger partial charge on any atom is 0.317 e. The first-order valence-corrected chi connectivity index (χ1v) is 13.4. The molecule has 1 fully saturated rings. The number of unbranched alkanes of at least 4 members (excludes halogenated alkanes) is 1. The smallest absolute Gasteiger partial charge is 0.317 e. The molecular formula is C27H46N6O4. The molecule has 10 nitrogen and oxygen atoms in total. The summed E-state index contributed by atoms with van der Waals surface area (Å²) in [5, 5.41) is 23.1. The predicted molar refractivity (Wildman–Crippen MR) is 145 cm³/mol. The van der Waals surface area contributed by atoms with Crippen molar-refractivity contribution in [2.45, 2.75) is 88.2 Å². The molecule has 0 spiro atoms. The third kappa shape index (κ3) is 10.0. The van der Waals surface area contributed by atoms with Crippen LogP contribution >= 0.6 is 0 Å². The van der Waals surface area contributed by atoms with Gasteiger partial charge in [-0.15, -0.1) is 0 Å². The second kappa shape index (κ2) is 16.3. The number of hydrogen-bond acceptors (Lipinski definition) is 7. The monoisotopic (exact) mass is 518 g/mol. The van der Waals surface area contributed by atoms with Gasteiger partial charge in [-0.3, -0.25) is 10.1 Å². The van der Waals surface area contributed by atoms with Crippen molar-refractivity contribution in [1.29, 1.82) is 0 Å². The van der Waals surface area contributed by atoms with Crippen LogP contribution in [0.15, 0.2) is 30.3 Å². The van der Waals surface area contributed by atoms with Gasteiger partial charge in [0.25, 0.3) is 0 Å². The predicted octanol–water partition coefficient (Wildman–Crippen LogP) is 1.05. The van der Waals surface area contributed by atoms with Gasteiger partial charge >= 0.3 is 6.03 Å². The zero-order valence-electron chi connectivity index (χ0n) is 22.5. The van der Waals surface area contributed by atoms with Crippen molar-refractivity contribution in [3.63, 3.8) is 0 Å². The highest BCUT2D eigenvalue weighted by molar-refractivity contribution is 5.81. The van der Waals surface area contributed by atoms with Crippen LogP contribution in [0.4, 0.5) is 4.79 Å². The maximum atomic E-state index is 12.8. The molecule has 1 saturated carbocycles. The Morgan fingerprint density at radius 1 is 1.19 bits per heavy atom. The van der Waals surface area contributed by atoms with Gasteiger partial charge in [0.05, 0.1) is 12.1 Å². The minimum atomic E-state index is -1.06. The van der Waals surface area contributed by atoms with Gasteiger partial charge in [-0.05, 0) is 57.6 Å². The zero-order valence-corrected chi connectivity index (χ0v) is 22.5. The number of rotatable bonds is 16. The van der Waals surface area contributed by atoms with E-state index < -0.39 is 18.3 Å². The number of amides is 3. The summed E-state index contributed by atoms with van der Waals surface area (Å²) >= 11 is 0. The topological polar surface area (TPSA) is 149 Å². The van der Waals surface area contributed by atoms with E-state index in [1.54, 1.807) is 25.9 Å². The summed E-state index contributed by atoms with van der Waals surface area (Å²) in [6, 6.07) is 8.65. The van der Waals surface area contributed by atoms with Crippen LogP contribution in [0.2, 0.25) is 0 Å². The Kier molecular flexibility index (Phi) is 13.6. The Morgan fingerprint density at radius 3 is 2.57 bits per heavy atom. The Hall–Kier alpha value is -2.53. The minimum Gasteiger partial charge on any atom is -0.376 e.